The standard InChI is InChI=1S/C11H16N2O/c1-4-11(2,8-14)9-6-5-7-13-10(9)12-3/h5-8H,4H2,1-3H3,(H,12,13). The third kappa shape index (κ3) is 1.76. The van der Waals surface area contributed by atoms with Gasteiger partial charge in [0.2, 0.25) is 0 Å². The summed E-state index contributed by atoms with van der Waals surface area (Å²) >= 11 is 0. The Hall–Kier alpha value is -1.38. The second-order valence-corrected chi connectivity index (χ2v) is 3.54. The van der Waals surface area contributed by atoms with E-state index in [4.69, 9.17) is 0 Å². The molecule has 0 saturated carbocycles. The average Bonchev–Trinajstić information content (AvgIpc) is 2.28. The molecule has 1 heterocycles. The number of hydrogen-bond donors (Lipinski definition) is 1. The van der Waals surface area contributed by atoms with E-state index in [1.54, 1.807) is 6.20 Å². The molecule has 0 fully saturated rings. The van der Waals surface area contributed by atoms with Gasteiger partial charge in [-0.05, 0) is 19.4 Å². The summed E-state index contributed by atoms with van der Waals surface area (Å²) in [5.74, 6) is 0.781. The zero-order valence-electron chi connectivity index (χ0n) is 8.87. The summed E-state index contributed by atoms with van der Waals surface area (Å²) in [7, 11) is 1.81. The van der Waals surface area contributed by atoms with E-state index in [-0.39, 0.29) is 0 Å². The van der Waals surface area contributed by atoms with Gasteiger partial charge in [0.05, 0.1) is 5.41 Å². The molecule has 1 unspecified atom stereocenters. The Balaban J connectivity index is 3.22. The summed E-state index contributed by atoms with van der Waals surface area (Å²) in [6.45, 7) is 3.93. The van der Waals surface area contributed by atoms with Gasteiger partial charge >= 0.3 is 0 Å². The van der Waals surface area contributed by atoms with Gasteiger partial charge in [-0.15, -0.1) is 0 Å². The molecule has 0 aliphatic rings. The maximum Gasteiger partial charge on any atom is 0.130 e. The Labute approximate surface area is 84.6 Å². The van der Waals surface area contributed by atoms with E-state index in [9.17, 15) is 4.79 Å². The van der Waals surface area contributed by atoms with Crippen molar-refractivity contribution in [2.24, 2.45) is 0 Å². The van der Waals surface area contributed by atoms with E-state index >= 15 is 0 Å². The maximum atomic E-state index is 11.1. The van der Waals surface area contributed by atoms with Gasteiger partial charge in [-0.1, -0.05) is 13.0 Å². The largest absolute Gasteiger partial charge is 0.373 e. The summed E-state index contributed by atoms with van der Waals surface area (Å²) < 4.78 is 0. The van der Waals surface area contributed by atoms with Gasteiger partial charge in [-0.2, -0.15) is 0 Å². The van der Waals surface area contributed by atoms with Crippen molar-refractivity contribution in [2.75, 3.05) is 12.4 Å². The molecule has 1 N–H and O–H groups in total. The van der Waals surface area contributed by atoms with Crippen molar-refractivity contribution in [1.82, 2.24) is 4.98 Å². The number of hydrogen-bond acceptors (Lipinski definition) is 3. The van der Waals surface area contributed by atoms with Gasteiger partial charge in [0.1, 0.15) is 12.1 Å². The van der Waals surface area contributed by atoms with Gasteiger partial charge in [-0.3, -0.25) is 0 Å². The molecule has 1 atom stereocenters. The number of aromatic nitrogens is 1. The third-order valence-corrected chi connectivity index (χ3v) is 2.65. The Kier molecular flexibility index (Phi) is 3.23. The molecule has 14 heavy (non-hydrogen) atoms. The Morgan fingerprint density at radius 3 is 2.86 bits per heavy atom. The first-order valence-corrected chi connectivity index (χ1v) is 4.77. The highest BCUT2D eigenvalue weighted by Crippen LogP contribution is 2.29. The lowest BCUT2D eigenvalue weighted by atomic mass is 9.82. The van der Waals surface area contributed by atoms with Gasteiger partial charge in [0.25, 0.3) is 0 Å². The van der Waals surface area contributed by atoms with Crippen LogP contribution < -0.4 is 5.32 Å². The van der Waals surface area contributed by atoms with Crippen LogP contribution in [-0.4, -0.2) is 18.3 Å². The molecule has 0 bridgehead atoms. The molecule has 3 heteroatoms. The van der Waals surface area contributed by atoms with Crippen LogP contribution in [0.3, 0.4) is 0 Å². The molecule has 1 aromatic rings. The normalized spacial score (nSPS) is 14.5. The lowest BCUT2D eigenvalue weighted by molar-refractivity contribution is -0.112. The molecule has 0 aliphatic carbocycles. The predicted molar refractivity (Wildman–Crippen MR) is 57.5 cm³/mol. The van der Waals surface area contributed by atoms with Crippen molar-refractivity contribution >= 4 is 12.1 Å². The first kappa shape index (κ1) is 10.7. The van der Waals surface area contributed by atoms with Gasteiger partial charge in [0, 0.05) is 18.8 Å². The SMILES string of the molecule is CCC(C)(C=O)c1cccnc1NC. The number of anilines is 1. The number of pyridine rings is 1. The first-order valence-electron chi connectivity index (χ1n) is 4.77. The van der Waals surface area contributed by atoms with Gasteiger partial charge in [0.15, 0.2) is 0 Å². The number of nitrogens with one attached hydrogen (secondary N) is 1. The van der Waals surface area contributed by atoms with Crippen LogP contribution in [0.4, 0.5) is 5.82 Å². The first-order chi connectivity index (χ1) is 6.68. The van der Waals surface area contributed by atoms with Crippen LogP contribution in [0, 0.1) is 0 Å². The maximum absolute atomic E-state index is 11.1. The molecule has 0 amide bonds. The molecule has 3 nitrogen and oxygen atoms in total. The molecule has 0 saturated heterocycles. The van der Waals surface area contributed by atoms with Crippen molar-refractivity contribution < 1.29 is 4.79 Å². The molecule has 1 rings (SSSR count). The lowest BCUT2D eigenvalue weighted by Crippen LogP contribution is -2.24. The van der Waals surface area contributed by atoms with Crippen molar-refractivity contribution in [3.05, 3.63) is 23.9 Å². The molecule has 0 aromatic carbocycles. The topological polar surface area (TPSA) is 42.0 Å². The van der Waals surface area contributed by atoms with E-state index in [1.807, 2.05) is 33.0 Å². The number of aldehydes is 1. The number of carbonyl (C=O) groups is 1. The number of nitrogens with zero attached hydrogens (tertiary/aromatic N) is 1. The lowest BCUT2D eigenvalue weighted by Gasteiger charge is -2.23. The quantitative estimate of drug-likeness (QED) is 0.742. The van der Waals surface area contributed by atoms with Crippen LogP contribution in [0.2, 0.25) is 0 Å². The second-order valence-electron chi connectivity index (χ2n) is 3.54. The molecule has 0 radical (unpaired) electrons. The average molecular weight is 192 g/mol. The van der Waals surface area contributed by atoms with E-state index in [2.05, 4.69) is 10.3 Å². The van der Waals surface area contributed by atoms with Crippen LogP contribution >= 0.6 is 0 Å². The second kappa shape index (κ2) is 4.22. The van der Waals surface area contributed by atoms with Crippen LogP contribution in [0.1, 0.15) is 25.8 Å². The van der Waals surface area contributed by atoms with Crippen LogP contribution in [0.15, 0.2) is 18.3 Å². The van der Waals surface area contributed by atoms with Crippen LogP contribution in [-0.2, 0) is 10.2 Å². The highest BCUT2D eigenvalue weighted by molar-refractivity contribution is 5.71. The zero-order valence-corrected chi connectivity index (χ0v) is 8.87. The molecule has 0 spiro atoms. The number of carbonyl (C=O) groups excluding carboxylic acids is 1. The summed E-state index contributed by atoms with van der Waals surface area (Å²) in [6.07, 6.45) is 3.48. The highest BCUT2D eigenvalue weighted by Gasteiger charge is 2.26. The summed E-state index contributed by atoms with van der Waals surface area (Å²) in [6, 6.07) is 3.80. The molecular formula is C11H16N2O. The number of rotatable bonds is 4. The Morgan fingerprint density at radius 2 is 2.36 bits per heavy atom. The predicted octanol–water partition coefficient (Wildman–Crippen LogP) is 1.99. The molecule has 1 aromatic heterocycles. The van der Waals surface area contributed by atoms with Crippen molar-refractivity contribution in [3.63, 3.8) is 0 Å². The summed E-state index contributed by atoms with van der Waals surface area (Å²) in [4.78, 5) is 15.3. The van der Waals surface area contributed by atoms with Gasteiger partial charge < -0.3 is 10.1 Å². The van der Waals surface area contributed by atoms with E-state index in [0.29, 0.717) is 0 Å². The highest BCUT2D eigenvalue weighted by atomic mass is 16.1. The third-order valence-electron chi connectivity index (χ3n) is 2.65. The minimum absolute atomic E-state index is 0.438. The Bertz CT molecular complexity index is 325. The summed E-state index contributed by atoms with van der Waals surface area (Å²) in [5, 5.41) is 3.00. The molecule has 76 valence electrons. The van der Waals surface area contributed by atoms with Crippen molar-refractivity contribution in [2.45, 2.75) is 25.7 Å². The molecular weight excluding hydrogens is 176 g/mol. The van der Waals surface area contributed by atoms with E-state index in [1.165, 1.54) is 0 Å². The summed E-state index contributed by atoms with van der Waals surface area (Å²) in [5.41, 5.74) is 0.520. The smallest absolute Gasteiger partial charge is 0.130 e. The van der Waals surface area contributed by atoms with E-state index in [0.717, 1.165) is 24.1 Å². The van der Waals surface area contributed by atoms with Crippen LogP contribution in [0.5, 0.6) is 0 Å². The monoisotopic (exact) mass is 192 g/mol. The van der Waals surface area contributed by atoms with Crippen molar-refractivity contribution in [3.8, 4) is 0 Å². The van der Waals surface area contributed by atoms with Crippen molar-refractivity contribution in [1.29, 1.82) is 0 Å². The fraction of sp³-hybridized carbons (Fsp3) is 0.455. The Morgan fingerprint density at radius 1 is 1.64 bits per heavy atom. The fourth-order valence-electron chi connectivity index (χ4n) is 1.40. The van der Waals surface area contributed by atoms with Crippen LogP contribution in [0.25, 0.3) is 0 Å². The minimum atomic E-state index is -0.438. The fourth-order valence-corrected chi connectivity index (χ4v) is 1.40. The van der Waals surface area contributed by atoms with E-state index < -0.39 is 5.41 Å². The molecule has 0 aliphatic heterocycles. The van der Waals surface area contributed by atoms with Gasteiger partial charge in [-0.25, -0.2) is 4.98 Å². The zero-order chi connectivity index (χ0) is 10.6. The minimum Gasteiger partial charge on any atom is -0.373 e.